The van der Waals surface area contributed by atoms with Crippen molar-refractivity contribution in [2.45, 2.75) is 18.6 Å². The van der Waals surface area contributed by atoms with Gasteiger partial charge in [0.25, 0.3) is 5.91 Å². The summed E-state index contributed by atoms with van der Waals surface area (Å²) >= 11 is 0. The molecule has 110 valence electrons. The fourth-order valence-corrected chi connectivity index (χ4v) is 2.19. The summed E-state index contributed by atoms with van der Waals surface area (Å²) in [5.74, 6) is -1.77. The van der Waals surface area contributed by atoms with E-state index in [0.29, 0.717) is 31.2 Å². The highest BCUT2D eigenvalue weighted by Crippen LogP contribution is 2.30. The topological polar surface area (TPSA) is 32.3 Å². The molecule has 0 saturated carbocycles. The number of halogens is 4. The summed E-state index contributed by atoms with van der Waals surface area (Å²) < 4.78 is 51.2. The Morgan fingerprint density at radius 3 is 2.65 bits per heavy atom. The summed E-state index contributed by atoms with van der Waals surface area (Å²) in [6.45, 7) is 1.39. The van der Waals surface area contributed by atoms with E-state index in [1.807, 2.05) is 11.9 Å². The maximum atomic E-state index is 13.5. The second kappa shape index (κ2) is 5.40. The number of nitrogens with one attached hydrogen (secondary N) is 1. The zero-order chi connectivity index (χ0) is 14.9. The molecule has 1 heterocycles. The molecule has 1 atom stereocenters. The Kier molecular flexibility index (Phi) is 3.99. The van der Waals surface area contributed by atoms with Crippen LogP contribution in [0.5, 0.6) is 0 Å². The van der Waals surface area contributed by atoms with Gasteiger partial charge in [0.15, 0.2) is 0 Å². The average molecular weight is 290 g/mol. The van der Waals surface area contributed by atoms with Crippen molar-refractivity contribution in [2.24, 2.45) is 0 Å². The molecule has 2 rings (SSSR count). The van der Waals surface area contributed by atoms with Gasteiger partial charge in [-0.05, 0) is 38.2 Å². The molecule has 0 bridgehead atoms. The van der Waals surface area contributed by atoms with Gasteiger partial charge in [-0.15, -0.1) is 0 Å². The summed E-state index contributed by atoms with van der Waals surface area (Å²) in [5, 5.41) is 2.56. The molecule has 1 aromatic rings. The number of alkyl halides is 3. The largest absolute Gasteiger partial charge is 0.416 e. The van der Waals surface area contributed by atoms with E-state index in [1.165, 1.54) is 0 Å². The molecule has 1 N–H and O–H groups in total. The minimum Gasteiger partial charge on any atom is -0.348 e. The van der Waals surface area contributed by atoms with Crippen LogP contribution in [0.2, 0.25) is 0 Å². The number of hydrogen-bond acceptors (Lipinski definition) is 2. The van der Waals surface area contributed by atoms with Gasteiger partial charge in [0.2, 0.25) is 0 Å². The number of carbonyl (C=O) groups is 1. The molecule has 1 aliphatic heterocycles. The van der Waals surface area contributed by atoms with Crippen molar-refractivity contribution in [3.8, 4) is 0 Å². The zero-order valence-corrected chi connectivity index (χ0v) is 10.8. The van der Waals surface area contributed by atoms with Crippen LogP contribution in [0.25, 0.3) is 0 Å². The second-order valence-corrected chi connectivity index (χ2v) is 4.91. The van der Waals surface area contributed by atoms with Crippen LogP contribution >= 0.6 is 0 Å². The van der Waals surface area contributed by atoms with E-state index in [9.17, 15) is 22.4 Å². The fourth-order valence-electron chi connectivity index (χ4n) is 2.19. The summed E-state index contributed by atoms with van der Waals surface area (Å²) in [7, 11) is 1.87. The molecule has 1 fully saturated rings. The van der Waals surface area contributed by atoms with Gasteiger partial charge >= 0.3 is 6.18 Å². The molecule has 1 unspecified atom stereocenters. The third kappa shape index (κ3) is 3.27. The SMILES string of the molecule is CN1CCC(NC(=O)c2cc(C(F)(F)F)ccc2F)C1. The van der Waals surface area contributed by atoms with E-state index in [-0.39, 0.29) is 6.04 Å². The molecule has 0 spiro atoms. The number of nitrogens with zero attached hydrogens (tertiary/aromatic N) is 1. The van der Waals surface area contributed by atoms with Crippen molar-refractivity contribution in [3.05, 3.63) is 35.1 Å². The molecule has 3 nitrogen and oxygen atoms in total. The van der Waals surface area contributed by atoms with E-state index >= 15 is 0 Å². The van der Waals surface area contributed by atoms with E-state index in [4.69, 9.17) is 0 Å². The predicted molar refractivity (Wildman–Crippen MR) is 64.8 cm³/mol. The molecule has 1 amide bonds. The number of hydrogen-bond donors (Lipinski definition) is 1. The Morgan fingerprint density at radius 2 is 2.10 bits per heavy atom. The van der Waals surface area contributed by atoms with Gasteiger partial charge in [0.05, 0.1) is 11.1 Å². The van der Waals surface area contributed by atoms with Gasteiger partial charge in [-0.25, -0.2) is 4.39 Å². The van der Waals surface area contributed by atoms with Crippen LogP contribution in [0.3, 0.4) is 0 Å². The van der Waals surface area contributed by atoms with Crippen molar-refractivity contribution >= 4 is 5.91 Å². The fraction of sp³-hybridized carbons (Fsp3) is 0.462. The maximum Gasteiger partial charge on any atom is 0.416 e. The smallest absolute Gasteiger partial charge is 0.348 e. The van der Waals surface area contributed by atoms with Gasteiger partial charge in [-0.2, -0.15) is 13.2 Å². The molecular weight excluding hydrogens is 276 g/mol. The predicted octanol–water partition coefficient (Wildman–Crippen LogP) is 2.28. The molecule has 1 saturated heterocycles. The lowest BCUT2D eigenvalue weighted by Gasteiger charge is -2.14. The first-order valence-corrected chi connectivity index (χ1v) is 6.13. The van der Waals surface area contributed by atoms with E-state index in [2.05, 4.69) is 5.32 Å². The van der Waals surface area contributed by atoms with Crippen LogP contribution in [-0.2, 0) is 6.18 Å². The van der Waals surface area contributed by atoms with Crippen LogP contribution in [0, 0.1) is 5.82 Å². The molecule has 1 aliphatic rings. The lowest BCUT2D eigenvalue weighted by molar-refractivity contribution is -0.137. The lowest BCUT2D eigenvalue weighted by Crippen LogP contribution is -2.37. The summed E-state index contributed by atoms with van der Waals surface area (Å²) in [5.41, 5.74) is -1.61. The molecule has 20 heavy (non-hydrogen) atoms. The number of benzene rings is 1. The van der Waals surface area contributed by atoms with E-state index in [1.54, 1.807) is 0 Å². The minimum atomic E-state index is -4.60. The van der Waals surface area contributed by atoms with Crippen LogP contribution in [-0.4, -0.2) is 37.0 Å². The Labute approximate surface area is 113 Å². The Bertz CT molecular complexity index is 516. The number of likely N-dealkylation sites (N-methyl/N-ethyl adjacent to an activating group) is 1. The average Bonchev–Trinajstić information content (AvgIpc) is 2.73. The normalized spacial score (nSPS) is 20.1. The first-order chi connectivity index (χ1) is 9.27. The molecular formula is C13H14F4N2O. The first kappa shape index (κ1) is 14.8. The number of likely N-dealkylation sites (tertiary alicyclic amines) is 1. The third-order valence-corrected chi connectivity index (χ3v) is 3.26. The first-order valence-electron chi connectivity index (χ1n) is 6.13. The maximum absolute atomic E-state index is 13.5. The van der Waals surface area contributed by atoms with Crippen LogP contribution in [0.15, 0.2) is 18.2 Å². The Hall–Kier alpha value is -1.63. The Morgan fingerprint density at radius 1 is 1.40 bits per heavy atom. The molecule has 0 aromatic heterocycles. The van der Waals surface area contributed by atoms with Crippen molar-refractivity contribution in [3.63, 3.8) is 0 Å². The highest BCUT2D eigenvalue weighted by molar-refractivity contribution is 5.94. The molecule has 1 aromatic carbocycles. The lowest BCUT2D eigenvalue weighted by atomic mass is 10.1. The van der Waals surface area contributed by atoms with Crippen molar-refractivity contribution < 1.29 is 22.4 Å². The zero-order valence-electron chi connectivity index (χ0n) is 10.8. The van der Waals surface area contributed by atoms with E-state index in [0.717, 1.165) is 6.54 Å². The van der Waals surface area contributed by atoms with Crippen molar-refractivity contribution in [1.82, 2.24) is 10.2 Å². The highest BCUT2D eigenvalue weighted by atomic mass is 19.4. The number of carbonyl (C=O) groups excluding carboxylic acids is 1. The minimum absolute atomic E-state index is 0.165. The third-order valence-electron chi connectivity index (χ3n) is 3.26. The van der Waals surface area contributed by atoms with Crippen molar-refractivity contribution in [2.75, 3.05) is 20.1 Å². The van der Waals surface area contributed by atoms with Crippen LogP contribution in [0.4, 0.5) is 17.6 Å². The second-order valence-electron chi connectivity index (χ2n) is 4.91. The number of rotatable bonds is 2. The van der Waals surface area contributed by atoms with Gasteiger partial charge in [0, 0.05) is 12.6 Å². The highest BCUT2D eigenvalue weighted by Gasteiger charge is 2.32. The summed E-state index contributed by atoms with van der Waals surface area (Å²) in [6, 6.07) is 1.67. The standard InChI is InChI=1S/C13H14F4N2O/c1-19-5-4-9(7-19)18-12(20)10-6-8(13(15,16)17)2-3-11(10)14/h2-3,6,9H,4-5,7H2,1H3,(H,18,20). The van der Waals surface area contributed by atoms with Crippen LogP contribution < -0.4 is 5.32 Å². The monoisotopic (exact) mass is 290 g/mol. The molecule has 7 heteroatoms. The summed E-state index contributed by atoms with van der Waals surface area (Å²) in [4.78, 5) is 13.8. The van der Waals surface area contributed by atoms with Gasteiger partial charge < -0.3 is 10.2 Å². The van der Waals surface area contributed by atoms with Crippen LogP contribution in [0.1, 0.15) is 22.3 Å². The van der Waals surface area contributed by atoms with Gasteiger partial charge in [-0.3, -0.25) is 4.79 Å². The van der Waals surface area contributed by atoms with Gasteiger partial charge in [0.1, 0.15) is 5.82 Å². The van der Waals surface area contributed by atoms with Crippen molar-refractivity contribution in [1.29, 1.82) is 0 Å². The van der Waals surface area contributed by atoms with E-state index < -0.39 is 29.0 Å². The number of amides is 1. The molecule has 0 radical (unpaired) electrons. The van der Waals surface area contributed by atoms with Gasteiger partial charge in [-0.1, -0.05) is 0 Å². The Balaban J connectivity index is 2.17. The quantitative estimate of drug-likeness (QED) is 0.848. The summed E-state index contributed by atoms with van der Waals surface area (Å²) in [6.07, 6.45) is -3.90. The molecule has 0 aliphatic carbocycles.